The number of fused-ring (bicyclic) bond motifs is 1. The standard InChI is InChI=1S/C19H19F2N5O/c1-11-14(20)7-5-12(16(11)21)19(27)23-17-13-6-8-15(26-9-3-4-10-26)22-18(13)25(2)24-17/h5-8H,3-4,9-10H2,1-2H3,(H,23,24,27). The van der Waals surface area contributed by atoms with Gasteiger partial charge in [-0.05, 0) is 44.0 Å². The van der Waals surface area contributed by atoms with Crippen molar-refractivity contribution in [2.75, 3.05) is 23.3 Å². The van der Waals surface area contributed by atoms with E-state index in [0.29, 0.717) is 16.9 Å². The molecule has 2 aromatic heterocycles. The molecule has 3 aromatic rings. The molecular formula is C19H19F2N5O. The van der Waals surface area contributed by atoms with Crippen molar-refractivity contribution in [3.8, 4) is 0 Å². The maximum atomic E-state index is 14.2. The first-order valence-electron chi connectivity index (χ1n) is 8.80. The largest absolute Gasteiger partial charge is 0.357 e. The molecule has 0 bridgehead atoms. The van der Waals surface area contributed by atoms with Gasteiger partial charge in [0.1, 0.15) is 17.5 Å². The SMILES string of the molecule is Cc1c(F)ccc(C(=O)Nc2nn(C)c3nc(N4CCCC4)ccc23)c1F. The second kappa shape index (κ2) is 6.61. The summed E-state index contributed by atoms with van der Waals surface area (Å²) in [6.45, 7) is 3.24. The van der Waals surface area contributed by atoms with Crippen molar-refractivity contribution in [3.05, 3.63) is 47.0 Å². The van der Waals surface area contributed by atoms with Crippen molar-refractivity contribution < 1.29 is 13.6 Å². The van der Waals surface area contributed by atoms with Crippen LogP contribution in [0.4, 0.5) is 20.4 Å². The maximum Gasteiger partial charge on any atom is 0.259 e. The lowest BCUT2D eigenvalue weighted by Crippen LogP contribution is -2.18. The van der Waals surface area contributed by atoms with Crippen molar-refractivity contribution in [1.29, 1.82) is 0 Å². The lowest BCUT2D eigenvalue weighted by Gasteiger charge is -2.15. The second-order valence-corrected chi connectivity index (χ2v) is 6.70. The van der Waals surface area contributed by atoms with Crippen molar-refractivity contribution >= 4 is 28.6 Å². The molecule has 1 aliphatic heterocycles. The quantitative estimate of drug-likeness (QED) is 0.766. The third-order valence-electron chi connectivity index (χ3n) is 4.90. The zero-order chi connectivity index (χ0) is 19.1. The number of benzene rings is 1. The highest BCUT2D eigenvalue weighted by Crippen LogP contribution is 2.26. The van der Waals surface area contributed by atoms with E-state index in [1.54, 1.807) is 11.7 Å². The minimum atomic E-state index is -0.873. The van der Waals surface area contributed by atoms with E-state index in [2.05, 4.69) is 20.3 Å². The fourth-order valence-corrected chi connectivity index (χ4v) is 3.35. The van der Waals surface area contributed by atoms with Crippen LogP contribution in [0, 0.1) is 18.6 Å². The average Bonchev–Trinajstić information content (AvgIpc) is 3.29. The summed E-state index contributed by atoms with van der Waals surface area (Å²) in [6, 6.07) is 5.95. The van der Waals surface area contributed by atoms with Crippen LogP contribution in [-0.2, 0) is 7.05 Å². The van der Waals surface area contributed by atoms with E-state index >= 15 is 0 Å². The minimum Gasteiger partial charge on any atom is -0.357 e. The van der Waals surface area contributed by atoms with Gasteiger partial charge in [0.2, 0.25) is 0 Å². The van der Waals surface area contributed by atoms with Crippen LogP contribution in [0.25, 0.3) is 11.0 Å². The highest BCUT2D eigenvalue weighted by atomic mass is 19.1. The Kier molecular flexibility index (Phi) is 4.25. The summed E-state index contributed by atoms with van der Waals surface area (Å²) in [5.41, 5.74) is 0.213. The Hall–Kier alpha value is -3.03. The van der Waals surface area contributed by atoms with Gasteiger partial charge in [-0.2, -0.15) is 5.10 Å². The molecule has 0 saturated carbocycles. The fourth-order valence-electron chi connectivity index (χ4n) is 3.35. The van der Waals surface area contributed by atoms with Crippen LogP contribution < -0.4 is 10.2 Å². The highest BCUT2D eigenvalue weighted by Gasteiger charge is 2.20. The Morgan fingerprint density at radius 1 is 1.15 bits per heavy atom. The molecule has 0 unspecified atom stereocenters. The predicted octanol–water partition coefficient (Wildman–Crippen LogP) is 3.41. The van der Waals surface area contributed by atoms with Crippen LogP contribution in [0.15, 0.2) is 24.3 Å². The number of aromatic nitrogens is 3. The number of rotatable bonds is 3. The van der Waals surface area contributed by atoms with E-state index in [4.69, 9.17) is 0 Å². The second-order valence-electron chi connectivity index (χ2n) is 6.70. The van der Waals surface area contributed by atoms with E-state index in [0.717, 1.165) is 43.9 Å². The highest BCUT2D eigenvalue weighted by molar-refractivity contribution is 6.07. The molecule has 0 atom stereocenters. The summed E-state index contributed by atoms with van der Waals surface area (Å²) in [5, 5.41) is 7.57. The van der Waals surface area contributed by atoms with Gasteiger partial charge in [0, 0.05) is 25.7 Å². The van der Waals surface area contributed by atoms with E-state index in [-0.39, 0.29) is 11.1 Å². The predicted molar refractivity (Wildman–Crippen MR) is 99.0 cm³/mol. The van der Waals surface area contributed by atoms with Gasteiger partial charge in [-0.1, -0.05) is 0 Å². The molecule has 0 aliphatic carbocycles. The molecule has 1 amide bonds. The summed E-state index contributed by atoms with van der Waals surface area (Å²) in [6.07, 6.45) is 2.30. The van der Waals surface area contributed by atoms with E-state index in [1.807, 2.05) is 12.1 Å². The minimum absolute atomic E-state index is 0.189. The molecule has 4 rings (SSSR count). The van der Waals surface area contributed by atoms with Crippen LogP contribution in [-0.4, -0.2) is 33.8 Å². The molecule has 140 valence electrons. The zero-order valence-electron chi connectivity index (χ0n) is 15.1. The van der Waals surface area contributed by atoms with Gasteiger partial charge in [-0.15, -0.1) is 0 Å². The van der Waals surface area contributed by atoms with Crippen LogP contribution in [0.2, 0.25) is 0 Å². The number of nitrogens with one attached hydrogen (secondary N) is 1. The van der Waals surface area contributed by atoms with Gasteiger partial charge in [-0.3, -0.25) is 4.79 Å². The van der Waals surface area contributed by atoms with Gasteiger partial charge >= 0.3 is 0 Å². The molecule has 1 aromatic carbocycles. The molecule has 1 fully saturated rings. The first kappa shape index (κ1) is 17.4. The average molecular weight is 371 g/mol. The number of pyridine rings is 1. The Balaban J connectivity index is 1.66. The summed E-state index contributed by atoms with van der Waals surface area (Å²) in [4.78, 5) is 19.3. The summed E-state index contributed by atoms with van der Waals surface area (Å²) < 4.78 is 29.2. The molecular weight excluding hydrogens is 352 g/mol. The molecule has 1 aliphatic rings. The van der Waals surface area contributed by atoms with Gasteiger partial charge in [0.15, 0.2) is 11.5 Å². The summed E-state index contributed by atoms with van der Waals surface area (Å²) in [7, 11) is 1.74. The number of carbonyl (C=O) groups excluding carboxylic acids is 1. The van der Waals surface area contributed by atoms with Gasteiger partial charge in [0.25, 0.3) is 5.91 Å². The molecule has 0 spiro atoms. The van der Waals surface area contributed by atoms with Crippen LogP contribution in [0.1, 0.15) is 28.8 Å². The zero-order valence-corrected chi connectivity index (χ0v) is 15.1. The lowest BCUT2D eigenvalue weighted by atomic mass is 10.1. The molecule has 0 radical (unpaired) electrons. The van der Waals surface area contributed by atoms with E-state index in [1.165, 1.54) is 6.92 Å². The Bertz CT molecular complexity index is 1040. The maximum absolute atomic E-state index is 14.2. The summed E-state index contributed by atoms with van der Waals surface area (Å²) in [5.74, 6) is -1.08. The number of aryl methyl sites for hydroxylation is 1. The molecule has 8 heteroatoms. The fraction of sp³-hybridized carbons (Fsp3) is 0.316. The van der Waals surface area contributed by atoms with Crippen molar-refractivity contribution in [2.24, 2.45) is 7.05 Å². The molecule has 1 saturated heterocycles. The third-order valence-corrected chi connectivity index (χ3v) is 4.90. The monoisotopic (exact) mass is 371 g/mol. The van der Waals surface area contributed by atoms with Crippen LogP contribution in [0.5, 0.6) is 0 Å². The molecule has 27 heavy (non-hydrogen) atoms. The molecule has 1 N–H and O–H groups in total. The Morgan fingerprint density at radius 2 is 1.89 bits per heavy atom. The topological polar surface area (TPSA) is 63.1 Å². The number of carbonyl (C=O) groups is 1. The van der Waals surface area contributed by atoms with Crippen molar-refractivity contribution in [2.45, 2.75) is 19.8 Å². The number of nitrogens with zero attached hydrogens (tertiary/aromatic N) is 4. The van der Waals surface area contributed by atoms with Crippen molar-refractivity contribution in [1.82, 2.24) is 14.8 Å². The normalized spacial score (nSPS) is 14.1. The van der Waals surface area contributed by atoms with Gasteiger partial charge in [-0.25, -0.2) is 18.4 Å². The lowest BCUT2D eigenvalue weighted by molar-refractivity contribution is 0.102. The first-order chi connectivity index (χ1) is 13.0. The van der Waals surface area contributed by atoms with Crippen molar-refractivity contribution in [3.63, 3.8) is 0 Å². The number of hydrogen-bond donors (Lipinski definition) is 1. The number of hydrogen-bond acceptors (Lipinski definition) is 4. The Labute approximate surface area is 154 Å². The van der Waals surface area contributed by atoms with Gasteiger partial charge in [0.05, 0.1) is 10.9 Å². The van der Waals surface area contributed by atoms with Crippen LogP contribution >= 0.6 is 0 Å². The number of amides is 1. The molecule has 6 nitrogen and oxygen atoms in total. The molecule has 3 heterocycles. The van der Waals surface area contributed by atoms with E-state index < -0.39 is 17.5 Å². The smallest absolute Gasteiger partial charge is 0.259 e. The Morgan fingerprint density at radius 3 is 2.63 bits per heavy atom. The van der Waals surface area contributed by atoms with E-state index in [9.17, 15) is 13.6 Å². The third kappa shape index (κ3) is 3.01. The first-order valence-corrected chi connectivity index (χ1v) is 8.80. The number of halogens is 2. The van der Waals surface area contributed by atoms with Gasteiger partial charge < -0.3 is 10.2 Å². The number of anilines is 2. The van der Waals surface area contributed by atoms with Crippen LogP contribution in [0.3, 0.4) is 0 Å². The summed E-state index contributed by atoms with van der Waals surface area (Å²) >= 11 is 0.